The van der Waals surface area contributed by atoms with Crippen LogP contribution in [0.3, 0.4) is 0 Å². The van der Waals surface area contributed by atoms with Crippen LogP contribution in [-0.4, -0.2) is 36.1 Å². The molecule has 0 aliphatic carbocycles. The number of hydrogen-bond acceptors (Lipinski definition) is 5. The van der Waals surface area contributed by atoms with Gasteiger partial charge in [0.05, 0.1) is 11.0 Å². The number of sulfone groups is 1. The van der Waals surface area contributed by atoms with Crippen molar-refractivity contribution in [3.05, 3.63) is 125 Å². The van der Waals surface area contributed by atoms with Crippen LogP contribution < -0.4 is 0 Å². The molecule has 0 heterocycles. The fourth-order valence-electron chi connectivity index (χ4n) is 4.35. The molecule has 0 fully saturated rings. The number of para-hydroxylation sites is 1. The minimum absolute atomic E-state index is 0.0506. The lowest BCUT2D eigenvalue weighted by Crippen LogP contribution is -2.37. The number of nitrogens with zero attached hydrogens (tertiary/aromatic N) is 1. The number of aliphatic hydroxyl groups is 1. The molecule has 0 aliphatic heterocycles. The van der Waals surface area contributed by atoms with E-state index in [1.807, 2.05) is 30.3 Å². The molecular formula is C30H30ClNO4S. The second kappa shape index (κ2) is 11.9. The van der Waals surface area contributed by atoms with E-state index in [0.717, 1.165) is 16.7 Å². The van der Waals surface area contributed by atoms with Crippen LogP contribution in [0, 0.1) is 0 Å². The minimum Gasteiger partial charge on any atom is -0.507 e. The summed E-state index contributed by atoms with van der Waals surface area (Å²) in [5, 5.41) is 21.6. The first-order valence-electron chi connectivity index (χ1n) is 12.1. The standard InChI is InChI=1S/C30H30ClNO4S/c1-22(18-23-14-16-27(17-15-23)37(35,36)30-13-6-5-12-28(30)33)32(20-24-8-3-2-4-9-24)21-29(34)25-10-7-11-26(31)19-25/h2-17,19,22,29,33-34H,18,20-21H2,1H3/t22-,29-/m1/s1. The maximum atomic E-state index is 13.0. The largest absolute Gasteiger partial charge is 0.507 e. The van der Waals surface area contributed by atoms with Crippen LogP contribution in [0.4, 0.5) is 0 Å². The summed E-state index contributed by atoms with van der Waals surface area (Å²) < 4.78 is 25.9. The van der Waals surface area contributed by atoms with Gasteiger partial charge in [0.1, 0.15) is 10.6 Å². The van der Waals surface area contributed by atoms with Crippen LogP contribution in [0.25, 0.3) is 0 Å². The summed E-state index contributed by atoms with van der Waals surface area (Å²) in [6, 6.07) is 30.1. The predicted molar refractivity (Wildman–Crippen MR) is 146 cm³/mol. The smallest absolute Gasteiger partial charge is 0.210 e. The number of halogens is 1. The van der Waals surface area contributed by atoms with Gasteiger partial charge in [-0.15, -0.1) is 0 Å². The molecule has 0 spiro atoms. The molecule has 192 valence electrons. The van der Waals surface area contributed by atoms with Crippen molar-refractivity contribution in [1.82, 2.24) is 4.90 Å². The summed E-state index contributed by atoms with van der Waals surface area (Å²) in [5.74, 6) is -0.269. The molecule has 0 radical (unpaired) electrons. The lowest BCUT2D eigenvalue weighted by molar-refractivity contribution is 0.0859. The summed E-state index contributed by atoms with van der Waals surface area (Å²) in [6.07, 6.45) is -0.0534. The number of aliphatic hydroxyl groups excluding tert-OH is 1. The third-order valence-electron chi connectivity index (χ3n) is 6.41. The minimum atomic E-state index is -3.83. The number of rotatable bonds is 10. The van der Waals surface area contributed by atoms with Gasteiger partial charge in [-0.3, -0.25) is 4.90 Å². The monoisotopic (exact) mass is 535 g/mol. The predicted octanol–water partition coefficient (Wildman–Crippen LogP) is 6.05. The molecule has 0 saturated heterocycles. The zero-order valence-corrected chi connectivity index (χ0v) is 22.1. The molecule has 7 heteroatoms. The first-order chi connectivity index (χ1) is 17.7. The maximum absolute atomic E-state index is 13.0. The number of benzene rings is 4. The Labute approximate surface area is 223 Å². The van der Waals surface area contributed by atoms with E-state index in [1.54, 1.807) is 48.5 Å². The Balaban J connectivity index is 1.52. The Bertz CT molecular complexity index is 1430. The van der Waals surface area contributed by atoms with E-state index in [0.29, 0.717) is 24.5 Å². The van der Waals surface area contributed by atoms with Crippen LogP contribution in [0.5, 0.6) is 5.75 Å². The molecule has 5 nitrogen and oxygen atoms in total. The molecular weight excluding hydrogens is 506 g/mol. The molecule has 0 unspecified atom stereocenters. The lowest BCUT2D eigenvalue weighted by Gasteiger charge is -2.31. The topological polar surface area (TPSA) is 77.8 Å². The van der Waals surface area contributed by atoms with E-state index < -0.39 is 15.9 Å². The first kappa shape index (κ1) is 26.9. The fourth-order valence-corrected chi connectivity index (χ4v) is 5.89. The third-order valence-corrected chi connectivity index (χ3v) is 8.46. The highest BCUT2D eigenvalue weighted by atomic mass is 35.5. The second-order valence-electron chi connectivity index (χ2n) is 9.15. The van der Waals surface area contributed by atoms with Crippen molar-refractivity contribution >= 4 is 21.4 Å². The van der Waals surface area contributed by atoms with E-state index in [2.05, 4.69) is 24.0 Å². The molecule has 4 aromatic carbocycles. The molecule has 0 amide bonds. The van der Waals surface area contributed by atoms with Crippen LogP contribution in [0.2, 0.25) is 5.02 Å². The van der Waals surface area contributed by atoms with E-state index in [-0.39, 0.29) is 21.6 Å². The molecule has 0 aliphatic rings. The van der Waals surface area contributed by atoms with Gasteiger partial charge in [0.15, 0.2) is 0 Å². The summed E-state index contributed by atoms with van der Waals surface area (Å²) in [4.78, 5) is 2.23. The second-order valence-corrected chi connectivity index (χ2v) is 11.5. The molecule has 0 saturated carbocycles. The molecule has 4 aromatic rings. The molecule has 4 rings (SSSR count). The Kier molecular flexibility index (Phi) is 8.67. The zero-order valence-electron chi connectivity index (χ0n) is 20.5. The SMILES string of the molecule is C[C@H](Cc1ccc(S(=O)(=O)c2ccccc2O)cc1)N(Cc1ccccc1)C[C@@H](O)c1cccc(Cl)c1. The number of hydrogen-bond donors (Lipinski definition) is 2. The van der Waals surface area contributed by atoms with Crippen molar-refractivity contribution in [2.75, 3.05) is 6.54 Å². The van der Waals surface area contributed by atoms with Gasteiger partial charge in [-0.25, -0.2) is 8.42 Å². The molecule has 0 bridgehead atoms. The quantitative estimate of drug-likeness (QED) is 0.259. The summed E-state index contributed by atoms with van der Waals surface area (Å²) in [5.41, 5.74) is 2.87. The van der Waals surface area contributed by atoms with Crippen LogP contribution in [0.1, 0.15) is 29.7 Å². The first-order valence-corrected chi connectivity index (χ1v) is 13.9. The Hall–Kier alpha value is -3.16. The summed E-state index contributed by atoms with van der Waals surface area (Å²) in [6.45, 7) is 3.16. The van der Waals surface area contributed by atoms with Crippen molar-refractivity contribution in [3.63, 3.8) is 0 Å². The van der Waals surface area contributed by atoms with Gasteiger partial charge >= 0.3 is 0 Å². The summed E-state index contributed by atoms with van der Waals surface area (Å²) >= 11 is 6.14. The highest BCUT2D eigenvalue weighted by Crippen LogP contribution is 2.29. The van der Waals surface area contributed by atoms with Crippen molar-refractivity contribution in [2.24, 2.45) is 0 Å². The maximum Gasteiger partial charge on any atom is 0.210 e. The van der Waals surface area contributed by atoms with Gasteiger partial charge < -0.3 is 10.2 Å². The van der Waals surface area contributed by atoms with Gasteiger partial charge in [0.25, 0.3) is 0 Å². The molecule has 0 aromatic heterocycles. The number of aromatic hydroxyl groups is 1. The van der Waals surface area contributed by atoms with E-state index in [4.69, 9.17) is 11.6 Å². The average Bonchev–Trinajstić information content (AvgIpc) is 2.89. The van der Waals surface area contributed by atoms with Gasteiger partial charge in [-0.05, 0) is 66.4 Å². The third kappa shape index (κ3) is 6.79. The molecule has 37 heavy (non-hydrogen) atoms. The van der Waals surface area contributed by atoms with Crippen LogP contribution in [0.15, 0.2) is 113 Å². The van der Waals surface area contributed by atoms with Crippen molar-refractivity contribution in [1.29, 1.82) is 0 Å². The highest BCUT2D eigenvalue weighted by molar-refractivity contribution is 7.91. The average molecular weight is 536 g/mol. The van der Waals surface area contributed by atoms with Gasteiger partial charge in [-0.1, -0.05) is 78.3 Å². The zero-order chi connectivity index (χ0) is 26.4. The molecule has 2 N–H and O–H groups in total. The van der Waals surface area contributed by atoms with Gasteiger partial charge in [0, 0.05) is 24.2 Å². The van der Waals surface area contributed by atoms with Crippen molar-refractivity contribution in [2.45, 2.75) is 41.8 Å². The Morgan fingerprint density at radius 1 is 0.838 bits per heavy atom. The number of phenols is 1. The fraction of sp³-hybridized carbons (Fsp3) is 0.200. The van der Waals surface area contributed by atoms with E-state index >= 15 is 0 Å². The highest BCUT2D eigenvalue weighted by Gasteiger charge is 2.23. The van der Waals surface area contributed by atoms with E-state index in [9.17, 15) is 18.6 Å². The number of phenolic OH excluding ortho intramolecular Hbond substituents is 1. The Morgan fingerprint density at radius 2 is 1.51 bits per heavy atom. The molecule has 2 atom stereocenters. The summed E-state index contributed by atoms with van der Waals surface area (Å²) in [7, 11) is -3.83. The lowest BCUT2D eigenvalue weighted by atomic mass is 10.0. The van der Waals surface area contributed by atoms with Gasteiger partial charge in [-0.2, -0.15) is 0 Å². The normalized spacial score (nSPS) is 13.4. The van der Waals surface area contributed by atoms with Crippen molar-refractivity contribution in [3.8, 4) is 5.75 Å². The Morgan fingerprint density at radius 3 is 2.19 bits per heavy atom. The van der Waals surface area contributed by atoms with Crippen LogP contribution in [-0.2, 0) is 22.8 Å². The van der Waals surface area contributed by atoms with E-state index in [1.165, 1.54) is 12.1 Å². The van der Waals surface area contributed by atoms with Crippen LogP contribution >= 0.6 is 11.6 Å². The van der Waals surface area contributed by atoms with Gasteiger partial charge in [0.2, 0.25) is 9.84 Å². The van der Waals surface area contributed by atoms with Crippen molar-refractivity contribution < 1.29 is 18.6 Å².